The fourth-order valence-corrected chi connectivity index (χ4v) is 3.20. The van der Waals surface area contributed by atoms with E-state index in [0.29, 0.717) is 12.8 Å². The molecule has 18 heavy (non-hydrogen) atoms. The van der Waals surface area contributed by atoms with Crippen molar-refractivity contribution in [1.29, 1.82) is 0 Å². The van der Waals surface area contributed by atoms with Gasteiger partial charge in [0.1, 0.15) is 0 Å². The number of carbonyl (C=O) groups excluding carboxylic acids is 2. The van der Waals surface area contributed by atoms with Crippen LogP contribution in [0.15, 0.2) is 27.4 Å². The number of ether oxygens (including phenoxy) is 1. The van der Waals surface area contributed by atoms with Crippen molar-refractivity contribution < 1.29 is 18.9 Å². The van der Waals surface area contributed by atoms with Crippen LogP contribution in [-0.2, 0) is 20.9 Å². The van der Waals surface area contributed by atoms with Gasteiger partial charge in [-0.15, -0.1) is 0 Å². The van der Waals surface area contributed by atoms with Gasteiger partial charge in [-0.2, -0.15) is 4.57 Å². The number of nitrogens with zero attached hydrogens (tertiary/aromatic N) is 1. The second-order valence-corrected chi connectivity index (χ2v) is 6.30. The minimum Gasteiger partial charge on any atom is -0.451 e. The quantitative estimate of drug-likeness (QED) is 0.599. The average molecular weight is 378 g/mol. The molecule has 1 saturated heterocycles. The van der Waals surface area contributed by atoms with Gasteiger partial charge in [0.05, 0.1) is 8.95 Å². The first-order valence-electron chi connectivity index (χ1n) is 5.49. The molecule has 6 heteroatoms. The molecule has 1 aromatic heterocycles. The van der Waals surface area contributed by atoms with Gasteiger partial charge in [0.25, 0.3) is 0 Å². The van der Waals surface area contributed by atoms with Gasteiger partial charge in [-0.05, 0) is 44.8 Å². The number of aromatic nitrogens is 1. The maximum Gasteiger partial charge on any atom is 0.306 e. The van der Waals surface area contributed by atoms with Gasteiger partial charge < -0.3 is 4.74 Å². The third-order valence-corrected chi connectivity index (χ3v) is 3.78. The van der Waals surface area contributed by atoms with Crippen LogP contribution in [0.1, 0.15) is 19.8 Å². The first-order chi connectivity index (χ1) is 8.39. The number of pyridine rings is 1. The van der Waals surface area contributed by atoms with Crippen LogP contribution in [0, 0.1) is 0 Å². The SMILES string of the molecule is CC1(C(=O)C[n+]2cc(Br)cc(Br)c2)CCC(=O)O1. The molecule has 1 aliphatic rings. The number of cyclic esters (lactones) is 1. The summed E-state index contributed by atoms with van der Waals surface area (Å²) in [6.07, 6.45) is 4.39. The highest BCUT2D eigenvalue weighted by molar-refractivity contribution is 9.11. The molecule has 0 N–H and O–H groups in total. The summed E-state index contributed by atoms with van der Waals surface area (Å²) in [4.78, 5) is 23.3. The Balaban J connectivity index is 2.14. The first-order valence-corrected chi connectivity index (χ1v) is 7.08. The Kier molecular flexibility index (Phi) is 3.87. The fraction of sp³-hybridized carbons (Fsp3) is 0.417. The molecule has 1 aromatic rings. The van der Waals surface area contributed by atoms with E-state index in [1.54, 1.807) is 11.5 Å². The van der Waals surface area contributed by atoms with E-state index in [9.17, 15) is 9.59 Å². The number of hydrogen-bond donors (Lipinski definition) is 0. The summed E-state index contributed by atoms with van der Waals surface area (Å²) >= 11 is 6.72. The summed E-state index contributed by atoms with van der Waals surface area (Å²) < 4.78 is 8.62. The summed E-state index contributed by atoms with van der Waals surface area (Å²) in [6.45, 7) is 1.86. The standard InChI is InChI=1S/C12H12Br2NO3/c1-12(3-2-11(17)18-12)10(16)7-15-5-8(13)4-9(14)6-15/h4-6H,2-3,7H2,1H3/q+1. The van der Waals surface area contributed by atoms with Gasteiger partial charge in [-0.25, -0.2) is 0 Å². The maximum atomic E-state index is 12.2. The van der Waals surface area contributed by atoms with Crippen molar-refractivity contribution in [2.45, 2.75) is 31.9 Å². The third kappa shape index (κ3) is 2.98. The maximum absolute atomic E-state index is 12.2. The molecule has 1 aliphatic heterocycles. The molecule has 4 nitrogen and oxygen atoms in total. The van der Waals surface area contributed by atoms with Gasteiger partial charge in [0.15, 0.2) is 18.0 Å². The van der Waals surface area contributed by atoms with E-state index >= 15 is 0 Å². The highest BCUT2D eigenvalue weighted by Crippen LogP contribution is 2.27. The lowest BCUT2D eigenvalue weighted by molar-refractivity contribution is -0.685. The zero-order valence-corrected chi connectivity index (χ0v) is 13.0. The smallest absolute Gasteiger partial charge is 0.306 e. The molecule has 2 rings (SSSR count). The monoisotopic (exact) mass is 376 g/mol. The molecular weight excluding hydrogens is 366 g/mol. The molecule has 0 aromatic carbocycles. The van der Waals surface area contributed by atoms with Crippen molar-refractivity contribution >= 4 is 43.6 Å². The second-order valence-electron chi connectivity index (χ2n) is 4.47. The summed E-state index contributed by atoms with van der Waals surface area (Å²) in [7, 11) is 0. The van der Waals surface area contributed by atoms with E-state index in [1.807, 2.05) is 18.5 Å². The molecule has 1 atom stereocenters. The Morgan fingerprint density at radius 1 is 1.44 bits per heavy atom. The van der Waals surface area contributed by atoms with Crippen LogP contribution in [0.4, 0.5) is 0 Å². The molecule has 0 bridgehead atoms. The molecule has 0 amide bonds. The van der Waals surface area contributed by atoms with Crippen LogP contribution in [-0.4, -0.2) is 17.4 Å². The first kappa shape index (κ1) is 13.7. The average Bonchev–Trinajstić information content (AvgIpc) is 2.58. The lowest BCUT2D eigenvalue weighted by atomic mass is 9.97. The summed E-state index contributed by atoms with van der Waals surface area (Å²) in [5, 5.41) is 0. The Morgan fingerprint density at radius 2 is 2.06 bits per heavy atom. The number of esters is 1. The number of hydrogen-bond acceptors (Lipinski definition) is 3. The zero-order valence-electron chi connectivity index (χ0n) is 9.78. The van der Waals surface area contributed by atoms with Crippen LogP contribution >= 0.6 is 31.9 Å². The van der Waals surface area contributed by atoms with E-state index in [4.69, 9.17) is 4.74 Å². The number of rotatable bonds is 3. The zero-order chi connectivity index (χ0) is 13.3. The highest BCUT2D eigenvalue weighted by Gasteiger charge is 2.43. The number of halogens is 2. The van der Waals surface area contributed by atoms with Crippen LogP contribution in [0.3, 0.4) is 0 Å². The number of Topliss-reactive ketones (excluding diaryl/α,β-unsaturated/α-hetero) is 1. The van der Waals surface area contributed by atoms with Crippen molar-refractivity contribution in [3.63, 3.8) is 0 Å². The molecule has 0 saturated carbocycles. The van der Waals surface area contributed by atoms with Crippen molar-refractivity contribution in [1.82, 2.24) is 0 Å². The predicted octanol–water partition coefficient (Wildman–Crippen LogP) is 2.16. The van der Waals surface area contributed by atoms with Crippen LogP contribution in [0.25, 0.3) is 0 Å². The van der Waals surface area contributed by atoms with E-state index in [1.165, 1.54) is 0 Å². The molecule has 0 radical (unpaired) electrons. The van der Waals surface area contributed by atoms with E-state index < -0.39 is 5.60 Å². The Morgan fingerprint density at radius 3 is 2.56 bits per heavy atom. The largest absolute Gasteiger partial charge is 0.451 e. The lowest BCUT2D eigenvalue weighted by Crippen LogP contribution is -2.46. The Hall–Kier alpha value is -0.750. The lowest BCUT2D eigenvalue weighted by Gasteiger charge is -2.18. The number of ketones is 1. The van der Waals surface area contributed by atoms with Crippen molar-refractivity contribution in [2.24, 2.45) is 0 Å². The van der Waals surface area contributed by atoms with E-state index in [-0.39, 0.29) is 18.3 Å². The molecular formula is C12H12Br2NO3+. The van der Waals surface area contributed by atoms with Crippen LogP contribution in [0.5, 0.6) is 0 Å². The molecule has 1 unspecified atom stereocenters. The molecule has 0 aliphatic carbocycles. The fourth-order valence-electron chi connectivity index (χ4n) is 1.87. The predicted molar refractivity (Wildman–Crippen MR) is 70.8 cm³/mol. The minimum atomic E-state index is -0.973. The van der Waals surface area contributed by atoms with E-state index in [2.05, 4.69) is 31.9 Å². The second kappa shape index (κ2) is 5.09. The van der Waals surface area contributed by atoms with Crippen molar-refractivity contribution in [3.05, 3.63) is 27.4 Å². The van der Waals surface area contributed by atoms with Gasteiger partial charge in [0.2, 0.25) is 12.3 Å². The Labute approximate surface area is 122 Å². The van der Waals surface area contributed by atoms with Gasteiger partial charge >= 0.3 is 5.97 Å². The summed E-state index contributed by atoms with van der Waals surface area (Å²) in [6, 6.07) is 1.89. The molecule has 1 fully saturated rings. The highest BCUT2D eigenvalue weighted by atomic mass is 79.9. The summed E-state index contributed by atoms with van der Waals surface area (Å²) in [5.41, 5.74) is -0.973. The normalized spacial score (nSPS) is 22.9. The van der Waals surface area contributed by atoms with E-state index in [0.717, 1.165) is 8.95 Å². The van der Waals surface area contributed by atoms with Crippen molar-refractivity contribution in [2.75, 3.05) is 0 Å². The molecule has 0 spiro atoms. The molecule has 2 heterocycles. The number of carbonyl (C=O) groups is 2. The van der Waals surface area contributed by atoms with Crippen LogP contribution < -0.4 is 4.57 Å². The van der Waals surface area contributed by atoms with Crippen molar-refractivity contribution in [3.8, 4) is 0 Å². The van der Waals surface area contributed by atoms with Crippen LogP contribution in [0.2, 0.25) is 0 Å². The van der Waals surface area contributed by atoms with Gasteiger partial charge in [-0.3, -0.25) is 9.59 Å². The summed E-state index contributed by atoms with van der Waals surface area (Å²) in [5.74, 6) is -0.394. The third-order valence-electron chi connectivity index (χ3n) is 2.92. The van der Waals surface area contributed by atoms with Gasteiger partial charge in [0, 0.05) is 12.8 Å². The molecule has 96 valence electrons. The Bertz CT molecular complexity index is 498. The topological polar surface area (TPSA) is 47.2 Å². The minimum absolute atomic E-state index is 0.0941. The van der Waals surface area contributed by atoms with Gasteiger partial charge in [-0.1, -0.05) is 0 Å².